The number of rotatable bonds is 6. The summed E-state index contributed by atoms with van der Waals surface area (Å²) in [6, 6.07) is 2.10. The lowest BCUT2D eigenvalue weighted by Crippen LogP contribution is -2.50. The number of carbonyl (C=O) groups is 1. The molecule has 2 unspecified atom stereocenters. The largest absolute Gasteiger partial charge is 0.411 e. The summed E-state index contributed by atoms with van der Waals surface area (Å²) in [7, 11) is 0. The number of anilines is 1. The topological polar surface area (TPSA) is 145 Å². The lowest BCUT2D eigenvalue weighted by Gasteiger charge is -2.44. The van der Waals surface area contributed by atoms with E-state index in [4.69, 9.17) is 42.2 Å². The van der Waals surface area contributed by atoms with Crippen LogP contribution in [0.15, 0.2) is 31.1 Å². The van der Waals surface area contributed by atoms with E-state index in [-0.39, 0.29) is 5.82 Å². The summed E-state index contributed by atoms with van der Waals surface area (Å²) in [6.45, 7) is 7.16. The number of amides is 1. The monoisotopic (exact) mass is 578 g/mol. The second-order valence-electron chi connectivity index (χ2n) is 11.3. The Morgan fingerprint density at radius 3 is 2.78 bits per heavy atom. The highest BCUT2D eigenvalue weighted by Gasteiger charge is 2.37. The Bertz CT molecular complexity index is 1470. The van der Waals surface area contributed by atoms with E-state index in [0.717, 1.165) is 82.7 Å². The van der Waals surface area contributed by atoms with E-state index in [1.165, 1.54) is 0 Å². The summed E-state index contributed by atoms with van der Waals surface area (Å²) in [5.41, 5.74) is 7.55. The second kappa shape index (κ2) is 11.7. The zero-order valence-corrected chi connectivity index (χ0v) is 23.7. The quantitative estimate of drug-likeness (QED) is 0.237. The van der Waals surface area contributed by atoms with Gasteiger partial charge in [-0.15, -0.1) is 6.58 Å². The van der Waals surface area contributed by atoms with E-state index in [1.807, 2.05) is 0 Å². The Morgan fingerprint density at radius 1 is 1.20 bits per heavy atom. The van der Waals surface area contributed by atoms with Crippen LogP contribution in [0.5, 0.6) is 0 Å². The SMILES string of the molecule is C=CC1CCC(Cn2c(N3CCCC4COCCC43)nc3nc(C(=N)OC(N)=O)nc(-c4cncc(Cl)c4)c32)CC1. The number of aromatic nitrogens is 5. The van der Waals surface area contributed by atoms with E-state index in [0.29, 0.717) is 45.7 Å². The fraction of sp³-hybridized carbons (Fsp3) is 0.517. The number of nitrogens with two attached hydrogens (primary N) is 1. The molecule has 41 heavy (non-hydrogen) atoms. The van der Waals surface area contributed by atoms with Gasteiger partial charge in [-0.25, -0.2) is 14.8 Å². The molecule has 3 aromatic rings. The predicted octanol–water partition coefficient (Wildman–Crippen LogP) is 4.96. The molecule has 216 valence electrons. The van der Waals surface area contributed by atoms with Gasteiger partial charge in [0.05, 0.1) is 11.6 Å². The first-order valence-corrected chi connectivity index (χ1v) is 14.7. The predicted molar refractivity (Wildman–Crippen MR) is 156 cm³/mol. The molecule has 1 saturated carbocycles. The van der Waals surface area contributed by atoms with Crippen LogP contribution in [0, 0.1) is 23.2 Å². The smallest absolute Gasteiger partial charge is 0.388 e. The average molecular weight is 579 g/mol. The molecule has 2 saturated heterocycles. The van der Waals surface area contributed by atoms with Crippen molar-refractivity contribution in [3.8, 4) is 11.3 Å². The summed E-state index contributed by atoms with van der Waals surface area (Å²) in [6.07, 6.45) is 11.8. The van der Waals surface area contributed by atoms with Crippen LogP contribution in [-0.2, 0) is 16.0 Å². The number of pyridine rings is 1. The minimum Gasteiger partial charge on any atom is -0.388 e. The molecule has 0 spiro atoms. The van der Waals surface area contributed by atoms with Gasteiger partial charge in [-0.3, -0.25) is 10.4 Å². The maximum Gasteiger partial charge on any atom is 0.411 e. The van der Waals surface area contributed by atoms with Crippen molar-refractivity contribution in [3.05, 3.63) is 42.0 Å². The third kappa shape index (κ3) is 5.65. The van der Waals surface area contributed by atoms with Gasteiger partial charge in [0.25, 0.3) is 5.90 Å². The number of hydrogen-bond acceptors (Lipinski definition) is 9. The van der Waals surface area contributed by atoms with Gasteiger partial charge in [0.1, 0.15) is 11.2 Å². The van der Waals surface area contributed by atoms with Gasteiger partial charge in [-0.05, 0) is 62.8 Å². The number of allylic oxidation sites excluding steroid dienone is 1. The van der Waals surface area contributed by atoms with Crippen LogP contribution in [0.4, 0.5) is 10.7 Å². The molecule has 5 heterocycles. The summed E-state index contributed by atoms with van der Waals surface area (Å²) in [4.78, 5) is 32.6. The van der Waals surface area contributed by atoms with Crippen molar-refractivity contribution in [2.45, 2.75) is 57.5 Å². The minimum absolute atomic E-state index is 0.0865. The normalized spacial score (nSPS) is 24.6. The molecule has 3 fully saturated rings. The maximum absolute atomic E-state index is 11.4. The Morgan fingerprint density at radius 2 is 2.02 bits per heavy atom. The number of nitrogens with zero attached hydrogens (tertiary/aromatic N) is 6. The van der Waals surface area contributed by atoms with Crippen molar-refractivity contribution in [2.24, 2.45) is 23.5 Å². The summed E-state index contributed by atoms with van der Waals surface area (Å²) >= 11 is 6.36. The number of nitrogens with one attached hydrogen (secondary N) is 1. The zero-order chi connectivity index (χ0) is 28.5. The molecule has 3 aliphatic rings. The lowest BCUT2D eigenvalue weighted by atomic mass is 9.82. The molecule has 3 N–H and O–H groups in total. The second-order valence-corrected chi connectivity index (χ2v) is 11.7. The molecular formula is C29H35ClN8O3. The van der Waals surface area contributed by atoms with E-state index >= 15 is 0 Å². The summed E-state index contributed by atoms with van der Waals surface area (Å²) in [5, 5.41) is 8.75. The minimum atomic E-state index is -1.11. The standard InChI is InChI=1S/C29H35ClN8O3/c1-2-17-5-7-18(8-6-17)15-38-24-23(20-12-21(30)14-33-13-20)34-27(25(31)41-28(32)39)35-26(24)36-29(38)37-10-3-4-19-16-40-11-9-22(19)37/h2,12-14,17-19,22,31H,1,3-11,15-16H2,(H2,32,39). The maximum atomic E-state index is 11.4. The molecule has 11 nitrogen and oxygen atoms in total. The first kappa shape index (κ1) is 27.6. The van der Waals surface area contributed by atoms with Crippen LogP contribution in [0.3, 0.4) is 0 Å². The fourth-order valence-corrected chi connectivity index (χ4v) is 6.86. The average Bonchev–Trinajstić information content (AvgIpc) is 3.34. The van der Waals surface area contributed by atoms with E-state index < -0.39 is 12.0 Å². The van der Waals surface area contributed by atoms with Gasteiger partial charge in [0, 0.05) is 49.6 Å². The molecule has 12 heteroatoms. The highest BCUT2D eigenvalue weighted by molar-refractivity contribution is 6.30. The van der Waals surface area contributed by atoms with Gasteiger partial charge in [-0.1, -0.05) is 17.7 Å². The molecule has 2 atom stereocenters. The van der Waals surface area contributed by atoms with Crippen LogP contribution in [-0.4, -0.2) is 62.3 Å². The molecule has 0 radical (unpaired) electrons. The third-order valence-electron chi connectivity index (χ3n) is 8.70. The molecular weight excluding hydrogens is 544 g/mol. The molecule has 1 amide bonds. The number of ether oxygens (including phenoxy) is 2. The van der Waals surface area contributed by atoms with E-state index in [2.05, 4.69) is 32.1 Å². The molecule has 2 aliphatic heterocycles. The number of fused-ring (bicyclic) bond motifs is 2. The number of carbonyl (C=O) groups excluding carboxylic acids is 1. The Kier molecular flexibility index (Phi) is 7.90. The first-order valence-electron chi connectivity index (χ1n) is 14.3. The van der Waals surface area contributed by atoms with Crippen LogP contribution < -0.4 is 10.6 Å². The Labute approximate surface area is 243 Å². The number of piperidine rings is 1. The van der Waals surface area contributed by atoms with Crippen molar-refractivity contribution < 1.29 is 14.3 Å². The van der Waals surface area contributed by atoms with Crippen molar-refractivity contribution in [2.75, 3.05) is 24.7 Å². The molecule has 0 aromatic carbocycles. The zero-order valence-electron chi connectivity index (χ0n) is 23.0. The van der Waals surface area contributed by atoms with Gasteiger partial charge >= 0.3 is 6.09 Å². The highest BCUT2D eigenvalue weighted by Crippen LogP contribution is 2.39. The van der Waals surface area contributed by atoms with Crippen molar-refractivity contribution in [3.63, 3.8) is 0 Å². The van der Waals surface area contributed by atoms with Crippen LogP contribution >= 0.6 is 11.6 Å². The fourth-order valence-electron chi connectivity index (χ4n) is 6.68. The van der Waals surface area contributed by atoms with Gasteiger partial charge in [-0.2, -0.15) is 4.98 Å². The summed E-state index contributed by atoms with van der Waals surface area (Å²) < 4.78 is 13.0. The molecule has 1 aliphatic carbocycles. The molecule has 3 aromatic heterocycles. The van der Waals surface area contributed by atoms with Crippen LogP contribution in [0.2, 0.25) is 5.02 Å². The highest BCUT2D eigenvalue weighted by atomic mass is 35.5. The van der Waals surface area contributed by atoms with Crippen molar-refractivity contribution in [1.29, 1.82) is 5.41 Å². The van der Waals surface area contributed by atoms with Gasteiger partial charge in [0.15, 0.2) is 5.65 Å². The molecule has 0 bridgehead atoms. The number of primary amides is 1. The summed E-state index contributed by atoms with van der Waals surface area (Å²) in [5.74, 6) is 1.69. The van der Waals surface area contributed by atoms with E-state index in [1.54, 1.807) is 18.5 Å². The van der Waals surface area contributed by atoms with Crippen LogP contribution in [0.25, 0.3) is 22.4 Å². The van der Waals surface area contributed by atoms with Crippen molar-refractivity contribution >= 4 is 40.7 Å². The lowest BCUT2D eigenvalue weighted by molar-refractivity contribution is 0.0278. The first-order chi connectivity index (χ1) is 19.9. The molecule has 6 rings (SSSR count). The number of halogens is 1. The van der Waals surface area contributed by atoms with E-state index in [9.17, 15) is 4.79 Å². The van der Waals surface area contributed by atoms with Crippen LogP contribution in [0.1, 0.15) is 50.8 Å². The number of hydrogen-bond donors (Lipinski definition) is 2. The van der Waals surface area contributed by atoms with Crippen molar-refractivity contribution in [1.82, 2.24) is 24.5 Å². The third-order valence-corrected chi connectivity index (χ3v) is 8.90. The van der Waals surface area contributed by atoms with Gasteiger partial charge in [0.2, 0.25) is 11.8 Å². The van der Waals surface area contributed by atoms with Gasteiger partial charge < -0.3 is 24.7 Å². The Hall–Kier alpha value is -3.57. The number of imidazole rings is 1. The Balaban J connectivity index is 1.53.